The summed E-state index contributed by atoms with van der Waals surface area (Å²) in [4.78, 5) is 12.2. The van der Waals surface area contributed by atoms with Crippen LogP contribution in [0.4, 0.5) is 0 Å². The summed E-state index contributed by atoms with van der Waals surface area (Å²) in [7, 11) is -3.52. The predicted molar refractivity (Wildman–Crippen MR) is 87.9 cm³/mol. The molecule has 2 aromatic rings. The van der Waals surface area contributed by atoms with Gasteiger partial charge in [-0.05, 0) is 36.4 Å². The van der Waals surface area contributed by atoms with E-state index in [9.17, 15) is 13.2 Å². The van der Waals surface area contributed by atoms with Gasteiger partial charge in [0.25, 0.3) is 0 Å². The van der Waals surface area contributed by atoms with Gasteiger partial charge in [-0.2, -0.15) is 4.31 Å². The van der Waals surface area contributed by atoms with Crippen molar-refractivity contribution >= 4 is 16.0 Å². The predicted octanol–water partition coefficient (Wildman–Crippen LogP) is 2.94. The highest BCUT2D eigenvalue weighted by Crippen LogP contribution is 2.17. The van der Waals surface area contributed by atoms with Crippen LogP contribution >= 0.6 is 0 Å². The van der Waals surface area contributed by atoms with E-state index in [0.29, 0.717) is 24.4 Å². The monoisotopic (exact) mass is 333 g/mol. The zero-order valence-electron chi connectivity index (χ0n) is 13.1. The summed E-state index contributed by atoms with van der Waals surface area (Å²) in [5.41, 5.74) is 0.298. The van der Waals surface area contributed by atoms with Gasteiger partial charge in [-0.25, -0.2) is 13.2 Å². The van der Waals surface area contributed by atoms with E-state index in [1.54, 1.807) is 38.1 Å². The number of carbonyl (C=O) groups is 1. The molecule has 0 spiro atoms. The van der Waals surface area contributed by atoms with Crippen LogP contribution in [0, 0.1) is 0 Å². The smallest absolute Gasteiger partial charge is 0.343 e. The maximum Gasteiger partial charge on any atom is 0.343 e. The number of rotatable bonds is 6. The van der Waals surface area contributed by atoms with Gasteiger partial charge in [-0.3, -0.25) is 0 Å². The van der Waals surface area contributed by atoms with Crippen LogP contribution in [0.1, 0.15) is 24.2 Å². The lowest BCUT2D eigenvalue weighted by molar-refractivity contribution is 0.0734. The third-order valence-electron chi connectivity index (χ3n) is 3.39. The number of carbonyl (C=O) groups excluding carboxylic acids is 1. The Bertz CT molecular complexity index is 751. The van der Waals surface area contributed by atoms with Crippen LogP contribution in [-0.4, -0.2) is 31.8 Å². The van der Waals surface area contributed by atoms with Gasteiger partial charge in [0, 0.05) is 13.1 Å². The SMILES string of the molecule is CCN(CC)S(=O)(=O)c1ccc(C(=O)Oc2ccccc2)cc1. The molecular formula is C17H19NO4S. The molecule has 2 rings (SSSR count). The molecule has 0 N–H and O–H groups in total. The summed E-state index contributed by atoms with van der Waals surface area (Å²) < 4.78 is 31.3. The zero-order chi connectivity index (χ0) is 16.9. The van der Waals surface area contributed by atoms with Crippen LogP contribution in [0.25, 0.3) is 0 Å². The minimum absolute atomic E-state index is 0.164. The third-order valence-corrected chi connectivity index (χ3v) is 5.45. The number of benzene rings is 2. The number of para-hydroxylation sites is 1. The summed E-state index contributed by atoms with van der Waals surface area (Å²) in [5, 5.41) is 0. The van der Waals surface area contributed by atoms with Crippen LogP contribution < -0.4 is 4.74 Å². The van der Waals surface area contributed by atoms with E-state index in [2.05, 4.69) is 0 Å². The van der Waals surface area contributed by atoms with Crippen molar-refractivity contribution in [2.75, 3.05) is 13.1 Å². The maximum absolute atomic E-state index is 12.4. The lowest BCUT2D eigenvalue weighted by Crippen LogP contribution is -2.30. The highest BCUT2D eigenvalue weighted by Gasteiger charge is 2.21. The Hall–Kier alpha value is -2.18. The number of ether oxygens (including phenoxy) is 1. The van der Waals surface area contributed by atoms with Crippen molar-refractivity contribution in [1.29, 1.82) is 0 Å². The van der Waals surface area contributed by atoms with Crippen molar-refractivity contribution in [1.82, 2.24) is 4.31 Å². The Kier molecular flexibility index (Phi) is 5.52. The molecule has 0 aliphatic carbocycles. The standard InChI is InChI=1S/C17H19NO4S/c1-3-18(4-2)23(20,21)16-12-10-14(11-13-16)17(19)22-15-8-6-5-7-9-15/h5-13H,3-4H2,1-2H3. The van der Waals surface area contributed by atoms with Crippen LogP contribution in [0.5, 0.6) is 5.75 Å². The minimum atomic E-state index is -3.52. The first-order valence-electron chi connectivity index (χ1n) is 7.36. The molecule has 0 aliphatic rings. The molecule has 0 bridgehead atoms. The zero-order valence-corrected chi connectivity index (χ0v) is 13.9. The average molecular weight is 333 g/mol. The minimum Gasteiger partial charge on any atom is -0.423 e. The second-order valence-corrected chi connectivity index (χ2v) is 6.75. The molecule has 0 amide bonds. The first kappa shape index (κ1) is 17.2. The van der Waals surface area contributed by atoms with E-state index in [0.717, 1.165) is 0 Å². The largest absolute Gasteiger partial charge is 0.423 e. The third kappa shape index (κ3) is 3.97. The highest BCUT2D eigenvalue weighted by atomic mass is 32.2. The Labute approximate surface area is 136 Å². The first-order chi connectivity index (χ1) is 11.0. The van der Waals surface area contributed by atoms with Crippen molar-refractivity contribution in [2.45, 2.75) is 18.7 Å². The van der Waals surface area contributed by atoms with Crippen LogP contribution in [0.3, 0.4) is 0 Å². The number of hydrogen-bond acceptors (Lipinski definition) is 4. The van der Waals surface area contributed by atoms with Gasteiger partial charge >= 0.3 is 5.97 Å². The lowest BCUT2D eigenvalue weighted by atomic mass is 10.2. The number of sulfonamides is 1. The van der Waals surface area contributed by atoms with E-state index in [4.69, 9.17) is 4.74 Å². The quantitative estimate of drug-likeness (QED) is 0.602. The normalized spacial score (nSPS) is 11.4. The van der Waals surface area contributed by atoms with Gasteiger partial charge in [0.15, 0.2) is 0 Å². The molecule has 2 aromatic carbocycles. The van der Waals surface area contributed by atoms with E-state index in [1.807, 2.05) is 6.07 Å². The Balaban J connectivity index is 2.18. The second-order valence-electron chi connectivity index (χ2n) is 4.82. The van der Waals surface area contributed by atoms with Gasteiger partial charge in [0.05, 0.1) is 10.5 Å². The Morgan fingerprint density at radius 2 is 1.52 bits per heavy atom. The molecular weight excluding hydrogens is 314 g/mol. The fraction of sp³-hybridized carbons (Fsp3) is 0.235. The maximum atomic E-state index is 12.4. The van der Waals surface area contributed by atoms with Gasteiger partial charge in [-0.15, -0.1) is 0 Å². The molecule has 0 saturated carbocycles. The molecule has 0 saturated heterocycles. The molecule has 0 aliphatic heterocycles. The molecule has 6 heteroatoms. The van der Waals surface area contributed by atoms with Crippen LogP contribution in [0.2, 0.25) is 0 Å². The molecule has 0 heterocycles. The summed E-state index contributed by atoms with van der Waals surface area (Å²) >= 11 is 0. The van der Waals surface area contributed by atoms with Crippen LogP contribution in [-0.2, 0) is 10.0 Å². The molecule has 23 heavy (non-hydrogen) atoms. The van der Waals surface area contributed by atoms with Crippen LogP contribution in [0.15, 0.2) is 59.5 Å². The summed E-state index contributed by atoms with van der Waals surface area (Å²) in [6, 6.07) is 14.5. The van der Waals surface area contributed by atoms with Gasteiger partial charge < -0.3 is 4.74 Å². The van der Waals surface area contributed by atoms with Crippen molar-refractivity contribution in [2.24, 2.45) is 0 Å². The van der Waals surface area contributed by atoms with Crippen molar-refractivity contribution in [3.63, 3.8) is 0 Å². The second kappa shape index (κ2) is 7.39. The number of hydrogen-bond donors (Lipinski definition) is 0. The van der Waals surface area contributed by atoms with E-state index >= 15 is 0 Å². The molecule has 0 fully saturated rings. The molecule has 5 nitrogen and oxygen atoms in total. The fourth-order valence-corrected chi connectivity index (χ4v) is 3.59. The summed E-state index contributed by atoms with van der Waals surface area (Å²) in [6.45, 7) is 4.37. The summed E-state index contributed by atoms with van der Waals surface area (Å²) in [6.07, 6.45) is 0. The van der Waals surface area contributed by atoms with Gasteiger partial charge in [0.1, 0.15) is 5.75 Å². The molecule has 0 unspecified atom stereocenters. The van der Waals surface area contributed by atoms with Crippen molar-refractivity contribution < 1.29 is 17.9 Å². The van der Waals surface area contributed by atoms with Crippen molar-refractivity contribution in [3.05, 3.63) is 60.2 Å². The van der Waals surface area contributed by atoms with Crippen molar-refractivity contribution in [3.8, 4) is 5.75 Å². The van der Waals surface area contributed by atoms with E-state index in [-0.39, 0.29) is 4.90 Å². The Morgan fingerprint density at radius 3 is 2.04 bits per heavy atom. The summed E-state index contributed by atoms with van der Waals surface area (Å²) in [5.74, 6) is -0.0830. The molecule has 0 atom stereocenters. The van der Waals surface area contributed by atoms with Gasteiger partial charge in [-0.1, -0.05) is 32.0 Å². The molecule has 0 radical (unpaired) electrons. The first-order valence-corrected chi connectivity index (χ1v) is 8.80. The van der Waals surface area contributed by atoms with E-state index in [1.165, 1.54) is 28.6 Å². The highest BCUT2D eigenvalue weighted by molar-refractivity contribution is 7.89. The Morgan fingerprint density at radius 1 is 0.957 bits per heavy atom. The number of esters is 1. The number of nitrogens with zero attached hydrogens (tertiary/aromatic N) is 1. The lowest BCUT2D eigenvalue weighted by Gasteiger charge is -2.18. The topological polar surface area (TPSA) is 63.7 Å². The molecule has 122 valence electrons. The van der Waals surface area contributed by atoms with Gasteiger partial charge in [0.2, 0.25) is 10.0 Å². The molecule has 0 aromatic heterocycles. The average Bonchev–Trinajstić information content (AvgIpc) is 2.56. The fourth-order valence-electron chi connectivity index (χ4n) is 2.13. The van der Waals surface area contributed by atoms with E-state index < -0.39 is 16.0 Å².